The quantitative estimate of drug-likeness (QED) is 0.849. The van der Waals surface area contributed by atoms with Crippen molar-refractivity contribution < 1.29 is 9.32 Å². The summed E-state index contributed by atoms with van der Waals surface area (Å²) in [6.07, 6.45) is 0. The van der Waals surface area contributed by atoms with Crippen molar-refractivity contribution in [1.82, 2.24) is 10.5 Å². The number of hydrogen-bond donors (Lipinski definition) is 1. The van der Waals surface area contributed by atoms with Crippen LogP contribution in [0.1, 0.15) is 32.2 Å². The summed E-state index contributed by atoms with van der Waals surface area (Å²) in [6, 6.07) is 1.83. The normalized spacial score (nSPS) is 12.8. The molecule has 96 valence electrons. The fourth-order valence-corrected chi connectivity index (χ4v) is 2.51. The summed E-state index contributed by atoms with van der Waals surface area (Å²) in [5.74, 6) is 2.11. The molecule has 0 aliphatic heterocycles. The number of hydrogen-bond acceptors (Lipinski definition) is 4. The molecule has 1 amide bonds. The van der Waals surface area contributed by atoms with Crippen LogP contribution in [0.4, 0.5) is 0 Å². The van der Waals surface area contributed by atoms with E-state index >= 15 is 0 Å². The number of carbonyl (C=O) groups is 1. The van der Waals surface area contributed by atoms with Gasteiger partial charge in [-0.2, -0.15) is 0 Å². The predicted octanol–water partition coefficient (Wildman–Crippen LogP) is 2.38. The first-order valence-corrected chi connectivity index (χ1v) is 6.91. The summed E-state index contributed by atoms with van der Waals surface area (Å²) < 4.78 is 4.95. The minimum atomic E-state index is 0.00741. The Bertz CT molecular complexity index is 363. The standard InChI is InChI=1S/C12H20N2O2S/c1-5-17-11(8(2)3)12(15)13-7-10-6-9(4)16-14-10/h6,8,11H,5,7H2,1-4H3,(H,13,15)/t11-/m0/s1. The van der Waals surface area contributed by atoms with Gasteiger partial charge in [-0.3, -0.25) is 4.79 Å². The molecule has 1 rings (SSSR count). The predicted molar refractivity (Wildman–Crippen MR) is 69.8 cm³/mol. The zero-order valence-electron chi connectivity index (χ0n) is 10.8. The summed E-state index contributed by atoms with van der Waals surface area (Å²) in [4.78, 5) is 12.0. The third-order valence-electron chi connectivity index (χ3n) is 2.33. The third-order valence-corrected chi connectivity index (χ3v) is 3.78. The van der Waals surface area contributed by atoms with Crippen molar-refractivity contribution in [2.24, 2.45) is 5.92 Å². The maximum atomic E-state index is 12.0. The zero-order valence-corrected chi connectivity index (χ0v) is 11.6. The van der Waals surface area contributed by atoms with Crippen LogP contribution >= 0.6 is 11.8 Å². The monoisotopic (exact) mass is 256 g/mol. The molecular weight excluding hydrogens is 236 g/mol. The van der Waals surface area contributed by atoms with E-state index in [0.717, 1.165) is 17.2 Å². The van der Waals surface area contributed by atoms with Crippen molar-refractivity contribution in [2.75, 3.05) is 5.75 Å². The highest BCUT2D eigenvalue weighted by Crippen LogP contribution is 2.19. The lowest BCUT2D eigenvalue weighted by Crippen LogP contribution is -2.35. The molecule has 0 aromatic carbocycles. The van der Waals surface area contributed by atoms with Crippen LogP contribution in [0.2, 0.25) is 0 Å². The van der Waals surface area contributed by atoms with Crippen LogP contribution in [0, 0.1) is 12.8 Å². The van der Waals surface area contributed by atoms with Crippen LogP contribution < -0.4 is 5.32 Å². The van der Waals surface area contributed by atoms with E-state index in [4.69, 9.17) is 4.52 Å². The van der Waals surface area contributed by atoms with Gasteiger partial charge in [0.15, 0.2) is 0 Å². The molecule has 0 spiro atoms. The SMILES string of the molecule is CCS[C@H](C(=O)NCc1cc(C)on1)C(C)C. The Morgan fingerprint density at radius 2 is 2.29 bits per heavy atom. The van der Waals surface area contributed by atoms with Crippen molar-refractivity contribution >= 4 is 17.7 Å². The maximum Gasteiger partial charge on any atom is 0.233 e. The van der Waals surface area contributed by atoms with Crippen molar-refractivity contribution in [3.05, 3.63) is 17.5 Å². The average molecular weight is 256 g/mol. The number of nitrogens with zero attached hydrogens (tertiary/aromatic N) is 1. The Hall–Kier alpha value is -0.970. The van der Waals surface area contributed by atoms with Crippen LogP contribution in [0.5, 0.6) is 0 Å². The van der Waals surface area contributed by atoms with Gasteiger partial charge in [-0.25, -0.2) is 0 Å². The van der Waals surface area contributed by atoms with Crippen LogP contribution in [0.3, 0.4) is 0 Å². The molecule has 0 aliphatic rings. The highest BCUT2D eigenvalue weighted by Gasteiger charge is 2.21. The first-order valence-electron chi connectivity index (χ1n) is 5.86. The number of carbonyl (C=O) groups excluding carboxylic acids is 1. The first kappa shape index (κ1) is 14.1. The minimum absolute atomic E-state index is 0.00741. The molecule has 1 aromatic heterocycles. The molecule has 0 saturated heterocycles. The van der Waals surface area contributed by atoms with Crippen LogP contribution in [-0.4, -0.2) is 22.1 Å². The van der Waals surface area contributed by atoms with Gasteiger partial charge in [0.05, 0.1) is 11.8 Å². The van der Waals surface area contributed by atoms with E-state index in [9.17, 15) is 4.79 Å². The lowest BCUT2D eigenvalue weighted by atomic mass is 10.1. The van der Waals surface area contributed by atoms with E-state index in [1.807, 2.05) is 13.0 Å². The fraction of sp³-hybridized carbons (Fsp3) is 0.667. The smallest absolute Gasteiger partial charge is 0.233 e. The molecule has 17 heavy (non-hydrogen) atoms. The molecule has 5 heteroatoms. The zero-order chi connectivity index (χ0) is 12.8. The van der Waals surface area contributed by atoms with Crippen LogP contribution in [0.25, 0.3) is 0 Å². The average Bonchev–Trinajstić information content (AvgIpc) is 2.68. The van der Waals surface area contributed by atoms with Crippen LogP contribution in [-0.2, 0) is 11.3 Å². The van der Waals surface area contributed by atoms with Gasteiger partial charge in [-0.05, 0) is 18.6 Å². The molecule has 0 radical (unpaired) electrons. The van der Waals surface area contributed by atoms with E-state index in [0.29, 0.717) is 12.5 Å². The molecule has 4 nitrogen and oxygen atoms in total. The Labute approximate surface area is 107 Å². The van der Waals surface area contributed by atoms with E-state index in [-0.39, 0.29) is 11.2 Å². The Morgan fingerprint density at radius 1 is 1.59 bits per heavy atom. The van der Waals surface area contributed by atoms with Gasteiger partial charge in [0.1, 0.15) is 11.5 Å². The summed E-state index contributed by atoms with van der Waals surface area (Å²) >= 11 is 1.68. The highest BCUT2D eigenvalue weighted by molar-refractivity contribution is 8.00. The van der Waals surface area contributed by atoms with Gasteiger partial charge in [-0.15, -0.1) is 11.8 Å². The van der Waals surface area contributed by atoms with Gasteiger partial charge in [0, 0.05) is 6.07 Å². The Morgan fingerprint density at radius 3 is 2.76 bits per heavy atom. The van der Waals surface area contributed by atoms with E-state index in [2.05, 4.69) is 31.2 Å². The van der Waals surface area contributed by atoms with Gasteiger partial charge in [0.25, 0.3) is 0 Å². The Balaban J connectivity index is 2.47. The molecule has 1 atom stereocenters. The number of amides is 1. The lowest BCUT2D eigenvalue weighted by molar-refractivity contribution is -0.121. The molecule has 1 N–H and O–H groups in total. The minimum Gasteiger partial charge on any atom is -0.361 e. The maximum absolute atomic E-state index is 12.0. The second kappa shape index (κ2) is 6.69. The Kier molecular flexibility index (Phi) is 5.55. The third kappa shape index (κ3) is 4.42. The summed E-state index contributed by atoms with van der Waals surface area (Å²) in [5.41, 5.74) is 0.764. The van der Waals surface area contributed by atoms with E-state index < -0.39 is 0 Å². The topological polar surface area (TPSA) is 55.1 Å². The van der Waals surface area contributed by atoms with Gasteiger partial charge >= 0.3 is 0 Å². The molecule has 0 fully saturated rings. The van der Waals surface area contributed by atoms with Gasteiger partial charge < -0.3 is 9.84 Å². The summed E-state index contributed by atoms with van der Waals surface area (Å²) in [7, 11) is 0. The highest BCUT2D eigenvalue weighted by atomic mass is 32.2. The van der Waals surface area contributed by atoms with E-state index in [1.54, 1.807) is 11.8 Å². The second-order valence-corrected chi connectivity index (χ2v) is 5.69. The molecule has 0 unspecified atom stereocenters. The number of aromatic nitrogens is 1. The molecule has 0 saturated carbocycles. The van der Waals surface area contributed by atoms with Gasteiger partial charge in [-0.1, -0.05) is 25.9 Å². The number of thioether (sulfide) groups is 1. The molecule has 0 bridgehead atoms. The molecule has 0 aliphatic carbocycles. The number of aryl methyl sites for hydroxylation is 1. The van der Waals surface area contributed by atoms with Gasteiger partial charge in [0.2, 0.25) is 5.91 Å². The van der Waals surface area contributed by atoms with Crippen molar-refractivity contribution in [1.29, 1.82) is 0 Å². The van der Waals surface area contributed by atoms with E-state index in [1.165, 1.54) is 0 Å². The largest absolute Gasteiger partial charge is 0.361 e. The molecule has 1 aromatic rings. The van der Waals surface area contributed by atoms with Crippen molar-refractivity contribution in [2.45, 2.75) is 39.5 Å². The number of rotatable bonds is 6. The lowest BCUT2D eigenvalue weighted by Gasteiger charge is -2.18. The van der Waals surface area contributed by atoms with Crippen LogP contribution in [0.15, 0.2) is 10.6 Å². The summed E-state index contributed by atoms with van der Waals surface area (Å²) in [5, 5.41) is 6.75. The fourth-order valence-electron chi connectivity index (χ4n) is 1.53. The summed E-state index contributed by atoms with van der Waals surface area (Å²) in [6.45, 7) is 8.46. The first-order chi connectivity index (χ1) is 8.04. The van der Waals surface area contributed by atoms with Crippen molar-refractivity contribution in [3.63, 3.8) is 0 Å². The molecule has 1 heterocycles. The van der Waals surface area contributed by atoms with Crippen molar-refractivity contribution in [3.8, 4) is 0 Å². The second-order valence-electron chi connectivity index (χ2n) is 4.27. The molecular formula is C12H20N2O2S. The number of nitrogens with one attached hydrogen (secondary N) is 1.